The highest BCUT2D eigenvalue weighted by molar-refractivity contribution is 7.13. The Balaban J connectivity index is 2.03. The maximum absolute atomic E-state index is 12.5. The topological polar surface area (TPSA) is 75.4 Å². The quantitative estimate of drug-likeness (QED) is 0.834. The molecule has 2 heterocycles. The van der Waals surface area contributed by atoms with Gasteiger partial charge in [0.05, 0.1) is 23.5 Å². The third kappa shape index (κ3) is 4.67. The second-order valence-electron chi connectivity index (χ2n) is 5.81. The minimum atomic E-state index is -0.156. The first-order chi connectivity index (χ1) is 11.4. The van der Waals surface area contributed by atoms with Gasteiger partial charge in [0.25, 0.3) is 0 Å². The zero-order chi connectivity index (χ0) is 17.7. The fraction of sp³-hybridized carbons (Fsp3) is 0.471. The number of amides is 2. The number of nitrogens with one attached hydrogen (secondary N) is 1. The van der Waals surface area contributed by atoms with Crippen molar-refractivity contribution in [2.75, 3.05) is 13.1 Å². The molecule has 0 atom stereocenters. The van der Waals surface area contributed by atoms with Crippen LogP contribution in [0.1, 0.15) is 32.2 Å². The van der Waals surface area contributed by atoms with Crippen molar-refractivity contribution in [3.8, 4) is 10.8 Å². The van der Waals surface area contributed by atoms with E-state index in [0.717, 1.165) is 4.88 Å². The minimum Gasteiger partial charge on any atom is -0.440 e. The lowest BCUT2D eigenvalue weighted by Crippen LogP contribution is -2.43. The summed E-state index contributed by atoms with van der Waals surface area (Å²) < 4.78 is 5.66. The summed E-state index contributed by atoms with van der Waals surface area (Å²) in [5, 5.41) is 4.74. The summed E-state index contributed by atoms with van der Waals surface area (Å²) in [6.45, 7) is 7.96. The van der Waals surface area contributed by atoms with Crippen LogP contribution in [-0.2, 0) is 16.0 Å². The van der Waals surface area contributed by atoms with E-state index in [1.165, 1.54) is 16.2 Å². The standard InChI is InChI=1S/C17H23N3O3S/c1-5-20(10-15(21)18-11(2)3)16(22)9-13-12(4)23-17(19-13)14-7-6-8-24-14/h6-8,11H,5,9-10H2,1-4H3,(H,18,21). The number of nitrogens with zero attached hydrogens (tertiary/aromatic N) is 2. The third-order valence-electron chi connectivity index (χ3n) is 3.46. The van der Waals surface area contributed by atoms with Crippen LogP contribution in [0.15, 0.2) is 21.9 Å². The Morgan fingerprint density at radius 3 is 2.75 bits per heavy atom. The molecule has 0 saturated heterocycles. The van der Waals surface area contributed by atoms with E-state index < -0.39 is 0 Å². The molecule has 24 heavy (non-hydrogen) atoms. The van der Waals surface area contributed by atoms with Crippen molar-refractivity contribution in [1.29, 1.82) is 0 Å². The van der Waals surface area contributed by atoms with Gasteiger partial charge in [-0.2, -0.15) is 0 Å². The molecule has 2 amide bonds. The van der Waals surface area contributed by atoms with Crippen molar-refractivity contribution >= 4 is 23.2 Å². The highest BCUT2D eigenvalue weighted by Crippen LogP contribution is 2.26. The number of thiophene rings is 1. The number of carbonyl (C=O) groups excluding carboxylic acids is 2. The number of hydrogen-bond donors (Lipinski definition) is 1. The molecule has 7 heteroatoms. The maximum Gasteiger partial charge on any atom is 0.239 e. The third-order valence-corrected chi connectivity index (χ3v) is 4.32. The molecular weight excluding hydrogens is 326 g/mol. The molecule has 0 aromatic carbocycles. The smallest absolute Gasteiger partial charge is 0.239 e. The summed E-state index contributed by atoms with van der Waals surface area (Å²) >= 11 is 1.54. The van der Waals surface area contributed by atoms with Crippen molar-refractivity contribution in [1.82, 2.24) is 15.2 Å². The minimum absolute atomic E-state index is 0.0532. The Bertz CT molecular complexity index is 692. The van der Waals surface area contributed by atoms with Crippen molar-refractivity contribution in [3.05, 3.63) is 29.0 Å². The predicted molar refractivity (Wildman–Crippen MR) is 93.8 cm³/mol. The number of carbonyl (C=O) groups is 2. The Morgan fingerprint density at radius 1 is 1.42 bits per heavy atom. The molecule has 2 rings (SSSR count). The van der Waals surface area contributed by atoms with Gasteiger partial charge in [0.15, 0.2) is 0 Å². The first-order valence-corrected chi connectivity index (χ1v) is 8.86. The van der Waals surface area contributed by atoms with Crippen molar-refractivity contribution in [3.63, 3.8) is 0 Å². The highest BCUT2D eigenvalue weighted by Gasteiger charge is 2.20. The van der Waals surface area contributed by atoms with Crippen LogP contribution < -0.4 is 5.32 Å². The van der Waals surface area contributed by atoms with E-state index >= 15 is 0 Å². The van der Waals surface area contributed by atoms with E-state index in [1.807, 2.05) is 38.3 Å². The van der Waals surface area contributed by atoms with E-state index in [2.05, 4.69) is 10.3 Å². The van der Waals surface area contributed by atoms with E-state index in [-0.39, 0.29) is 30.8 Å². The average molecular weight is 349 g/mol. The Labute approximate surface area is 145 Å². The maximum atomic E-state index is 12.5. The normalized spacial score (nSPS) is 10.9. The summed E-state index contributed by atoms with van der Waals surface area (Å²) in [4.78, 5) is 31.2. The second kappa shape index (κ2) is 8.10. The monoisotopic (exact) mass is 349 g/mol. The van der Waals surface area contributed by atoms with Gasteiger partial charge in [0.2, 0.25) is 17.7 Å². The Morgan fingerprint density at radius 2 is 2.17 bits per heavy atom. The van der Waals surface area contributed by atoms with Gasteiger partial charge >= 0.3 is 0 Å². The number of rotatable bonds is 7. The summed E-state index contributed by atoms with van der Waals surface area (Å²) in [5.41, 5.74) is 0.617. The molecule has 0 fully saturated rings. The number of aryl methyl sites for hydroxylation is 1. The molecule has 0 radical (unpaired) electrons. The molecule has 0 aliphatic carbocycles. The van der Waals surface area contributed by atoms with Gasteiger partial charge < -0.3 is 14.6 Å². The summed E-state index contributed by atoms with van der Waals surface area (Å²) in [6.07, 6.45) is 0.128. The first kappa shape index (κ1) is 18.2. The van der Waals surface area contributed by atoms with Gasteiger partial charge in [-0.1, -0.05) is 6.07 Å². The van der Waals surface area contributed by atoms with E-state index in [0.29, 0.717) is 23.9 Å². The molecule has 0 saturated carbocycles. The largest absolute Gasteiger partial charge is 0.440 e. The van der Waals surface area contributed by atoms with E-state index in [1.54, 1.807) is 6.92 Å². The Hall–Kier alpha value is -2.15. The van der Waals surface area contributed by atoms with Gasteiger partial charge in [-0.15, -0.1) is 11.3 Å². The summed E-state index contributed by atoms with van der Waals surface area (Å²) in [6, 6.07) is 3.91. The van der Waals surface area contributed by atoms with Crippen LogP contribution in [0.2, 0.25) is 0 Å². The lowest BCUT2D eigenvalue weighted by atomic mass is 10.2. The van der Waals surface area contributed by atoms with E-state index in [4.69, 9.17) is 4.42 Å². The fourth-order valence-corrected chi connectivity index (χ4v) is 2.92. The fourth-order valence-electron chi connectivity index (χ4n) is 2.27. The zero-order valence-corrected chi connectivity index (χ0v) is 15.3. The van der Waals surface area contributed by atoms with Crippen molar-refractivity contribution < 1.29 is 14.0 Å². The van der Waals surface area contributed by atoms with Crippen LogP contribution in [0.5, 0.6) is 0 Å². The highest BCUT2D eigenvalue weighted by atomic mass is 32.1. The predicted octanol–water partition coefficient (Wildman–Crippen LogP) is 2.63. The molecule has 6 nitrogen and oxygen atoms in total. The van der Waals surface area contributed by atoms with Crippen LogP contribution in [0.3, 0.4) is 0 Å². The molecule has 0 spiro atoms. The molecule has 0 unspecified atom stereocenters. The van der Waals surface area contributed by atoms with Gasteiger partial charge in [0, 0.05) is 12.6 Å². The van der Waals surface area contributed by atoms with Crippen LogP contribution in [-0.4, -0.2) is 40.8 Å². The van der Waals surface area contributed by atoms with Crippen LogP contribution in [0, 0.1) is 6.92 Å². The number of aromatic nitrogens is 1. The Kier molecular flexibility index (Phi) is 6.14. The molecule has 2 aromatic heterocycles. The van der Waals surface area contributed by atoms with Gasteiger partial charge in [-0.25, -0.2) is 4.98 Å². The summed E-state index contributed by atoms with van der Waals surface area (Å²) in [5.74, 6) is 0.877. The van der Waals surface area contributed by atoms with Gasteiger partial charge in [-0.3, -0.25) is 9.59 Å². The summed E-state index contributed by atoms with van der Waals surface area (Å²) in [7, 11) is 0. The van der Waals surface area contributed by atoms with Gasteiger partial charge in [-0.05, 0) is 39.1 Å². The van der Waals surface area contributed by atoms with E-state index in [9.17, 15) is 9.59 Å². The van der Waals surface area contributed by atoms with Crippen LogP contribution in [0.4, 0.5) is 0 Å². The van der Waals surface area contributed by atoms with Gasteiger partial charge in [0.1, 0.15) is 5.76 Å². The number of likely N-dealkylation sites (N-methyl/N-ethyl adjacent to an activating group) is 1. The second-order valence-corrected chi connectivity index (χ2v) is 6.75. The zero-order valence-electron chi connectivity index (χ0n) is 14.5. The number of oxazole rings is 1. The molecule has 0 aliphatic rings. The average Bonchev–Trinajstić information content (AvgIpc) is 3.14. The molecular formula is C17H23N3O3S. The molecule has 0 aliphatic heterocycles. The molecule has 0 bridgehead atoms. The first-order valence-electron chi connectivity index (χ1n) is 7.98. The molecule has 130 valence electrons. The van der Waals surface area contributed by atoms with Crippen LogP contribution >= 0.6 is 11.3 Å². The van der Waals surface area contributed by atoms with Crippen LogP contribution in [0.25, 0.3) is 10.8 Å². The molecule has 2 aromatic rings. The molecule has 1 N–H and O–H groups in total. The van der Waals surface area contributed by atoms with Crippen molar-refractivity contribution in [2.45, 2.75) is 40.2 Å². The number of hydrogen-bond acceptors (Lipinski definition) is 5. The lowest BCUT2D eigenvalue weighted by Gasteiger charge is -2.20. The SMILES string of the molecule is CCN(CC(=O)NC(C)C)C(=O)Cc1nc(-c2cccs2)oc1C. The van der Waals surface area contributed by atoms with Crippen molar-refractivity contribution in [2.24, 2.45) is 0 Å². The lowest BCUT2D eigenvalue weighted by molar-refractivity contribution is -0.135.